The summed E-state index contributed by atoms with van der Waals surface area (Å²) in [7, 11) is 1.01. The zero-order valence-electron chi connectivity index (χ0n) is 20.9. The zero-order valence-corrected chi connectivity index (χ0v) is 21.7. The van der Waals surface area contributed by atoms with Crippen LogP contribution in [-0.4, -0.2) is 65.2 Å². The van der Waals surface area contributed by atoms with E-state index in [0.29, 0.717) is 10.2 Å². The average Bonchev–Trinajstić information content (AvgIpc) is 2.80. The molecule has 14 heteroatoms. The van der Waals surface area contributed by atoms with Gasteiger partial charge in [0.2, 0.25) is 0 Å². The number of benzene rings is 2. The maximum absolute atomic E-state index is 12.9. The highest BCUT2D eigenvalue weighted by molar-refractivity contribution is 7.92. The van der Waals surface area contributed by atoms with E-state index < -0.39 is 22.1 Å². The lowest BCUT2D eigenvalue weighted by Gasteiger charge is -2.28. The first-order valence-corrected chi connectivity index (χ1v) is 12.7. The lowest BCUT2D eigenvalue weighted by Crippen LogP contribution is -2.46. The predicted octanol–water partition coefficient (Wildman–Crippen LogP) is 3.32. The number of carbonyl (C=O) groups is 2. The highest BCUT2D eigenvalue weighted by Crippen LogP contribution is 2.29. The highest BCUT2D eigenvalue weighted by Gasteiger charge is 2.38. The van der Waals surface area contributed by atoms with Gasteiger partial charge in [0.1, 0.15) is 5.75 Å². The number of unbranched alkanes of at least 4 members (excludes halogenated alkanes) is 1. The van der Waals surface area contributed by atoms with Gasteiger partial charge >= 0.3 is 12.1 Å². The summed E-state index contributed by atoms with van der Waals surface area (Å²) >= 11 is 0. The molecule has 0 atom stereocenters. The summed E-state index contributed by atoms with van der Waals surface area (Å²) in [6.45, 7) is 3.12. The van der Waals surface area contributed by atoms with Crippen molar-refractivity contribution in [2.45, 2.75) is 30.8 Å². The van der Waals surface area contributed by atoms with Gasteiger partial charge in [-0.05, 0) is 36.8 Å². The van der Waals surface area contributed by atoms with Crippen molar-refractivity contribution in [2.24, 2.45) is 0 Å². The van der Waals surface area contributed by atoms with E-state index in [1.807, 2.05) is 14.1 Å². The lowest BCUT2D eigenvalue weighted by atomic mass is 10.2. The number of nitrogens with zero attached hydrogens (tertiary/aromatic N) is 1. The van der Waals surface area contributed by atoms with Gasteiger partial charge < -0.3 is 14.5 Å². The molecule has 0 aliphatic rings. The smallest absolute Gasteiger partial charge is 0.472 e. The minimum absolute atomic E-state index is 0.0342. The Morgan fingerprint density at radius 3 is 2.38 bits per heavy atom. The Labute approximate surface area is 213 Å². The molecule has 10 nitrogen and oxygen atoms in total. The lowest BCUT2D eigenvalue weighted by molar-refractivity contribution is -0.882. The fourth-order valence-corrected chi connectivity index (χ4v) is 4.36. The van der Waals surface area contributed by atoms with E-state index in [1.54, 1.807) is 6.07 Å². The second-order valence-corrected chi connectivity index (χ2v) is 10.5. The van der Waals surface area contributed by atoms with Crippen LogP contribution < -0.4 is 25.6 Å². The molecule has 2 aromatic carbocycles. The number of ether oxygens (including phenoxy) is 1. The van der Waals surface area contributed by atoms with Crippen LogP contribution in [0.1, 0.15) is 19.8 Å². The van der Waals surface area contributed by atoms with Crippen LogP contribution in [0, 0.1) is 0 Å². The Bertz CT molecular complexity index is 1220. The quantitative estimate of drug-likeness (QED) is 0.239. The van der Waals surface area contributed by atoms with Crippen LogP contribution in [0.3, 0.4) is 0 Å². The van der Waals surface area contributed by atoms with Crippen molar-refractivity contribution in [3.05, 3.63) is 42.5 Å². The van der Waals surface area contributed by atoms with Crippen LogP contribution in [-0.2, 0) is 19.6 Å². The van der Waals surface area contributed by atoms with Crippen molar-refractivity contribution < 1.29 is 40.4 Å². The summed E-state index contributed by atoms with van der Waals surface area (Å²) in [6, 6.07) is 9.43. The van der Waals surface area contributed by atoms with Crippen molar-refractivity contribution in [1.82, 2.24) is 5.43 Å². The van der Waals surface area contributed by atoms with E-state index in [9.17, 15) is 31.2 Å². The number of nitrogens with one attached hydrogen (secondary N) is 4. The number of amides is 2. The molecule has 2 amide bonds. The number of anilines is 3. The normalized spacial score (nSPS) is 12.0. The third kappa shape index (κ3) is 9.13. The fourth-order valence-electron chi connectivity index (χ4n) is 3.26. The Morgan fingerprint density at radius 2 is 1.76 bits per heavy atom. The van der Waals surface area contributed by atoms with E-state index in [-0.39, 0.29) is 34.5 Å². The Kier molecular flexibility index (Phi) is 9.75. The maximum Gasteiger partial charge on any atom is 0.472 e. The molecule has 37 heavy (non-hydrogen) atoms. The van der Waals surface area contributed by atoms with Crippen LogP contribution in [0.15, 0.2) is 47.4 Å². The molecule has 204 valence electrons. The molecular formula is C23H31F3N5O5S+. The average molecular weight is 547 g/mol. The van der Waals surface area contributed by atoms with Crippen LogP contribution >= 0.6 is 0 Å². The standard InChI is InChI=1S/C23H30F3N5O5S/c1-5-6-12-31(2,3)15-21(32)27-16-8-7-9-18(13-16)37(34,35)30-17-10-11-19(20(14-17)36-4)28-29-22(33)23(24,25)26/h7-11,13-14,28,30H,5-6,12,15H2,1-4H3,(H-,27,29,32,33)/p+1. The Morgan fingerprint density at radius 1 is 1.05 bits per heavy atom. The maximum atomic E-state index is 12.9. The molecule has 0 heterocycles. The Hall–Kier alpha value is -3.52. The summed E-state index contributed by atoms with van der Waals surface area (Å²) in [5, 5.41) is 2.72. The third-order valence-electron chi connectivity index (χ3n) is 5.14. The van der Waals surface area contributed by atoms with Crippen LogP contribution in [0.25, 0.3) is 0 Å². The fraction of sp³-hybridized carbons (Fsp3) is 0.391. The molecule has 2 rings (SSSR count). The molecule has 0 aliphatic heterocycles. The largest absolute Gasteiger partial charge is 0.494 e. The molecule has 0 unspecified atom stereocenters. The number of rotatable bonds is 12. The number of sulfonamides is 1. The summed E-state index contributed by atoms with van der Waals surface area (Å²) in [5.41, 5.74) is 3.89. The minimum Gasteiger partial charge on any atom is -0.494 e. The topological polar surface area (TPSA) is 126 Å². The number of hydrogen-bond donors (Lipinski definition) is 4. The molecule has 0 spiro atoms. The van der Waals surface area contributed by atoms with E-state index in [4.69, 9.17) is 4.74 Å². The minimum atomic E-state index is -5.09. The van der Waals surface area contributed by atoms with Gasteiger partial charge in [0, 0.05) is 11.8 Å². The van der Waals surface area contributed by atoms with Crippen LogP contribution in [0.4, 0.5) is 30.2 Å². The molecule has 2 aromatic rings. The van der Waals surface area contributed by atoms with Crippen LogP contribution in [0.2, 0.25) is 0 Å². The molecule has 4 N–H and O–H groups in total. The molecule has 0 radical (unpaired) electrons. The number of carbonyl (C=O) groups excluding carboxylic acids is 2. The number of likely N-dealkylation sites (N-methyl/N-ethyl adjacent to an activating group) is 1. The second-order valence-electron chi connectivity index (χ2n) is 8.84. The van der Waals surface area contributed by atoms with Crippen molar-refractivity contribution in [3.63, 3.8) is 0 Å². The predicted molar refractivity (Wildman–Crippen MR) is 133 cm³/mol. The van der Waals surface area contributed by atoms with E-state index in [0.717, 1.165) is 19.4 Å². The number of hydrazine groups is 1. The van der Waals surface area contributed by atoms with Crippen molar-refractivity contribution in [2.75, 3.05) is 49.8 Å². The number of quaternary nitrogens is 1. The first kappa shape index (κ1) is 29.7. The molecule has 0 aliphatic carbocycles. The van der Waals surface area contributed by atoms with Crippen molar-refractivity contribution >= 4 is 38.9 Å². The van der Waals surface area contributed by atoms with Crippen molar-refractivity contribution in [3.8, 4) is 5.75 Å². The summed E-state index contributed by atoms with van der Waals surface area (Å²) in [4.78, 5) is 23.4. The third-order valence-corrected chi connectivity index (χ3v) is 6.52. The van der Waals surface area contributed by atoms with E-state index >= 15 is 0 Å². The first-order chi connectivity index (χ1) is 17.2. The van der Waals surface area contributed by atoms with Gasteiger partial charge in [-0.1, -0.05) is 19.4 Å². The molecule has 0 saturated carbocycles. The Balaban J connectivity index is 2.12. The summed E-state index contributed by atoms with van der Waals surface area (Å²) < 4.78 is 70.9. The zero-order chi connectivity index (χ0) is 27.9. The second kappa shape index (κ2) is 12.1. The first-order valence-electron chi connectivity index (χ1n) is 11.2. The van der Waals surface area contributed by atoms with Crippen molar-refractivity contribution in [1.29, 1.82) is 0 Å². The van der Waals surface area contributed by atoms with E-state index in [2.05, 4.69) is 22.4 Å². The van der Waals surface area contributed by atoms with Gasteiger partial charge in [0.15, 0.2) is 6.54 Å². The van der Waals surface area contributed by atoms with Gasteiger partial charge in [0.05, 0.1) is 44.0 Å². The van der Waals surface area contributed by atoms with Crippen LogP contribution in [0.5, 0.6) is 5.75 Å². The highest BCUT2D eigenvalue weighted by atomic mass is 32.2. The molecule has 0 aromatic heterocycles. The number of hydrogen-bond acceptors (Lipinski definition) is 6. The molecule has 0 saturated heterocycles. The van der Waals surface area contributed by atoms with Gasteiger partial charge in [-0.2, -0.15) is 13.2 Å². The molecular weight excluding hydrogens is 515 g/mol. The number of methoxy groups -OCH3 is 1. The van der Waals surface area contributed by atoms with Gasteiger partial charge in [-0.25, -0.2) is 8.42 Å². The number of alkyl halides is 3. The van der Waals surface area contributed by atoms with Gasteiger partial charge in [-0.15, -0.1) is 0 Å². The van der Waals surface area contributed by atoms with Gasteiger partial charge in [-0.3, -0.25) is 25.2 Å². The molecule has 0 fully saturated rings. The SMILES string of the molecule is CCCC[N+](C)(C)CC(=O)Nc1cccc(S(=O)(=O)Nc2ccc(NNC(=O)C(F)(F)F)c(OC)c2)c1. The van der Waals surface area contributed by atoms with E-state index in [1.165, 1.54) is 48.9 Å². The monoisotopic (exact) mass is 546 g/mol. The number of halogens is 3. The van der Waals surface area contributed by atoms with Gasteiger partial charge in [0.25, 0.3) is 15.9 Å². The molecule has 0 bridgehead atoms. The summed E-state index contributed by atoms with van der Waals surface area (Å²) in [5.74, 6) is -2.50. The summed E-state index contributed by atoms with van der Waals surface area (Å²) in [6.07, 6.45) is -3.10.